The molecule has 0 unspecified atom stereocenters. The third-order valence-corrected chi connectivity index (χ3v) is 4.30. The van der Waals surface area contributed by atoms with Crippen LogP contribution in [0.2, 0.25) is 0 Å². The molecular weight excluding hydrogens is 340 g/mol. The summed E-state index contributed by atoms with van der Waals surface area (Å²) < 4.78 is 0. The summed E-state index contributed by atoms with van der Waals surface area (Å²) in [6.45, 7) is 9.71. The van der Waals surface area contributed by atoms with Crippen molar-refractivity contribution in [2.45, 2.75) is 25.7 Å². The van der Waals surface area contributed by atoms with Crippen LogP contribution in [0.1, 0.15) is 37.7 Å². The van der Waals surface area contributed by atoms with Gasteiger partial charge in [-0.3, -0.25) is 0 Å². The summed E-state index contributed by atoms with van der Waals surface area (Å²) in [6, 6.07) is 5.81. The molecular formula is C21H24N4S. The van der Waals surface area contributed by atoms with E-state index in [4.69, 9.17) is 18.0 Å². The van der Waals surface area contributed by atoms with Crippen molar-refractivity contribution in [2.75, 3.05) is 12.4 Å². The van der Waals surface area contributed by atoms with Crippen LogP contribution in [0, 0.1) is 5.41 Å². The fraction of sp³-hybridized carbons (Fsp3) is 0.190. The summed E-state index contributed by atoms with van der Waals surface area (Å²) in [6.07, 6.45) is 7.12. The molecule has 2 rings (SSSR count). The number of benzene rings is 1. The van der Waals surface area contributed by atoms with Crippen LogP contribution >= 0.6 is 12.6 Å². The highest BCUT2D eigenvalue weighted by molar-refractivity contribution is 7.80. The Kier molecular flexibility index (Phi) is 6.52. The smallest absolute Gasteiger partial charge is 0.159 e. The first-order valence-electron chi connectivity index (χ1n) is 8.28. The molecule has 0 aliphatic carbocycles. The van der Waals surface area contributed by atoms with Crippen molar-refractivity contribution < 1.29 is 0 Å². The Labute approximate surface area is 160 Å². The second kappa shape index (κ2) is 8.63. The minimum absolute atomic E-state index is 0.535. The minimum Gasteiger partial charge on any atom is -0.388 e. The van der Waals surface area contributed by atoms with E-state index in [1.807, 2.05) is 39.1 Å². The maximum absolute atomic E-state index is 8.08. The van der Waals surface area contributed by atoms with Gasteiger partial charge in [-0.05, 0) is 50.6 Å². The van der Waals surface area contributed by atoms with Gasteiger partial charge in [0.1, 0.15) is 0 Å². The van der Waals surface area contributed by atoms with Crippen LogP contribution in [0.5, 0.6) is 0 Å². The van der Waals surface area contributed by atoms with Gasteiger partial charge in [-0.25, -0.2) is 9.97 Å². The van der Waals surface area contributed by atoms with Crippen LogP contribution in [-0.4, -0.2) is 22.7 Å². The van der Waals surface area contributed by atoms with Crippen LogP contribution in [0.15, 0.2) is 53.7 Å². The molecule has 0 atom stereocenters. The second-order valence-electron chi connectivity index (χ2n) is 6.08. The van der Waals surface area contributed by atoms with Crippen LogP contribution in [0.3, 0.4) is 0 Å². The van der Waals surface area contributed by atoms with E-state index in [0.29, 0.717) is 11.5 Å². The number of rotatable bonds is 6. The predicted octanol–water partition coefficient (Wildman–Crippen LogP) is 5.37. The van der Waals surface area contributed by atoms with E-state index >= 15 is 0 Å². The Bertz CT molecular complexity index is 892. The Morgan fingerprint density at radius 2 is 1.85 bits per heavy atom. The van der Waals surface area contributed by atoms with Gasteiger partial charge in [0, 0.05) is 52.4 Å². The number of thiol groups is 1. The van der Waals surface area contributed by atoms with Crippen molar-refractivity contribution in [1.29, 1.82) is 5.41 Å². The molecule has 1 heterocycles. The molecule has 0 fully saturated rings. The zero-order valence-corrected chi connectivity index (χ0v) is 16.5. The molecule has 0 saturated carbocycles. The predicted molar refractivity (Wildman–Crippen MR) is 115 cm³/mol. The SMILES string of the molecule is C=C/C(=C\c1c(S)cc(C(C(C)=N)=C(C)C)cc1NC)c1ncccn1. The van der Waals surface area contributed by atoms with Gasteiger partial charge in [-0.1, -0.05) is 18.2 Å². The molecule has 134 valence electrons. The van der Waals surface area contributed by atoms with Crippen LogP contribution in [-0.2, 0) is 0 Å². The highest BCUT2D eigenvalue weighted by Crippen LogP contribution is 2.33. The van der Waals surface area contributed by atoms with E-state index in [1.165, 1.54) is 0 Å². The molecule has 5 heteroatoms. The third kappa shape index (κ3) is 4.29. The summed E-state index contributed by atoms with van der Waals surface area (Å²) in [5, 5.41) is 11.3. The minimum atomic E-state index is 0.535. The fourth-order valence-electron chi connectivity index (χ4n) is 2.84. The molecule has 26 heavy (non-hydrogen) atoms. The van der Waals surface area contributed by atoms with Gasteiger partial charge in [0.05, 0.1) is 0 Å². The van der Waals surface area contributed by atoms with Gasteiger partial charge in [-0.15, -0.1) is 12.6 Å². The molecule has 0 saturated heterocycles. The van der Waals surface area contributed by atoms with Gasteiger partial charge >= 0.3 is 0 Å². The number of nitrogens with one attached hydrogen (secondary N) is 2. The maximum Gasteiger partial charge on any atom is 0.159 e. The molecule has 0 bridgehead atoms. The molecule has 0 amide bonds. The topological polar surface area (TPSA) is 61.7 Å². The summed E-state index contributed by atoms with van der Waals surface area (Å²) in [7, 11) is 1.87. The molecule has 0 radical (unpaired) electrons. The largest absolute Gasteiger partial charge is 0.388 e. The molecule has 1 aromatic carbocycles. The molecule has 1 aromatic heterocycles. The Morgan fingerprint density at radius 3 is 2.35 bits per heavy atom. The number of anilines is 1. The molecule has 2 aromatic rings. The number of allylic oxidation sites excluding steroid dienone is 4. The zero-order valence-electron chi connectivity index (χ0n) is 15.6. The lowest BCUT2D eigenvalue weighted by atomic mass is 9.95. The first kappa shape index (κ1) is 19.7. The van der Waals surface area contributed by atoms with Crippen LogP contribution in [0.25, 0.3) is 17.2 Å². The first-order chi connectivity index (χ1) is 12.4. The van der Waals surface area contributed by atoms with Crippen molar-refractivity contribution in [1.82, 2.24) is 9.97 Å². The fourth-order valence-corrected chi connectivity index (χ4v) is 3.16. The second-order valence-corrected chi connectivity index (χ2v) is 6.56. The number of hydrogen-bond acceptors (Lipinski definition) is 5. The third-order valence-electron chi connectivity index (χ3n) is 3.93. The highest BCUT2D eigenvalue weighted by atomic mass is 32.1. The molecule has 2 N–H and O–H groups in total. The van der Waals surface area contributed by atoms with Crippen LogP contribution < -0.4 is 5.32 Å². The van der Waals surface area contributed by atoms with Gasteiger partial charge in [0.15, 0.2) is 5.82 Å². The average molecular weight is 365 g/mol. The number of aromatic nitrogens is 2. The first-order valence-corrected chi connectivity index (χ1v) is 8.73. The number of nitrogens with zero attached hydrogens (tertiary/aromatic N) is 2. The Balaban J connectivity index is 2.65. The number of hydrogen-bond donors (Lipinski definition) is 3. The monoisotopic (exact) mass is 364 g/mol. The Hall–Kier alpha value is -2.66. The van der Waals surface area contributed by atoms with Crippen molar-refractivity contribution >= 4 is 41.3 Å². The van der Waals surface area contributed by atoms with E-state index in [2.05, 4.69) is 21.9 Å². The summed E-state index contributed by atoms with van der Waals surface area (Å²) in [4.78, 5) is 9.39. The van der Waals surface area contributed by atoms with E-state index in [9.17, 15) is 0 Å². The lowest BCUT2D eigenvalue weighted by Gasteiger charge is -2.16. The molecule has 0 aliphatic rings. The molecule has 0 spiro atoms. The van der Waals surface area contributed by atoms with Crippen LogP contribution in [0.4, 0.5) is 5.69 Å². The quantitative estimate of drug-likeness (QED) is 0.367. The molecule has 4 nitrogen and oxygen atoms in total. The average Bonchev–Trinajstić information content (AvgIpc) is 2.60. The summed E-state index contributed by atoms with van der Waals surface area (Å²) in [5.41, 5.74) is 6.20. The van der Waals surface area contributed by atoms with Gasteiger partial charge in [-0.2, -0.15) is 0 Å². The lowest BCUT2D eigenvalue weighted by molar-refractivity contribution is 1.12. The molecule has 0 aliphatic heterocycles. The summed E-state index contributed by atoms with van der Waals surface area (Å²) >= 11 is 4.70. The van der Waals surface area contributed by atoms with Crippen molar-refractivity contribution in [2.24, 2.45) is 0 Å². The van der Waals surface area contributed by atoms with Gasteiger partial charge in [0.2, 0.25) is 0 Å². The van der Waals surface area contributed by atoms with Crippen molar-refractivity contribution in [3.63, 3.8) is 0 Å². The van der Waals surface area contributed by atoms with Gasteiger partial charge in [0.25, 0.3) is 0 Å². The standard InChI is InChI=1S/C21H24N4S/c1-6-15(21-24-8-7-9-25-21)10-17-18(23-5)11-16(12-19(17)26)20(13(2)3)14(4)22/h6-12,22-23,26H,1H2,2-5H3/b15-10+,22-14?. The maximum atomic E-state index is 8.08. The van der Waals surface area contributed by atoms with E-state index in [1.54, 1.807) is 31.5 Å². The van der Waals surface area contributed by atoms with E-state index in [-0.39, 0.29) is 0 Å². The van der Waals surface area contributed by atoms with E-state index in [0.717, 1.165) is 38.4 Å². The zero-order chi connectivity index (χ0) is 19.3. The van der Waals surface area contributed by atoms with Crippen molar-refractivity contribution in [3.8, 4) is 0 Å². The van der Waals surface area contributed by atoms with Crippen molar-refractivity contribution in [3.05, 3.63) is 65.8 Å². The Morgan fingerprint density at radius 1 is 1.19 bits per heavy atom. The van der Waals surface area contributed by atoms with E-state index < -0.39 is 0 Å². The lowest BCUT2D eigenvalue weighted by Crippen LogP contribution is -2.01. The highest BCUT2D eigenvalue weighted by Gasteiger charge is 2.13. The normalized spacial score (nSPS) is 11.0. The van der Waals surface area contributed by atoms with Gasteiger partial charge < -0.3 is 10.7 Å². The summed E-state index contributed by atoms with van der Waals surface area (Å²) in [5.74, 6) is 0.613.